The third-order valence-electron chi connectivity index (χ3n) is 7.24. The van der Waals surface area contributed by atoms with Gasteiger partial charge >= 0.3 is 0 Å². The Balaban J connectivity index is 1.48. The van der Waals surface area contributed by atoms with Gasteiger partial charge in [-0.25, -0.2) is 0 Å². The van der Waals surface area contributed by atoms with Gasteiger partial charge in [0.15, 0.2) is 0 Å². The van der Waals surface area contributed by atoms with Gasteiger partial charge in [-0.05, 0) is 86.2 Å². The highest BCUT2D eigenvalue weighted by Gasteiger charge is 2.24. The van der Waals surface area contributed by atoms with E-state index in [1.165, 1.54) is 83.5 Å². The Morgan fingerprint density at radius 2 is 1.04 bits per heavy atom. The monoisotopic (exact) mass is 340 g/mol. The van der Waals surface area contributed by atoms with Crippen molar-refractivity contribution >= 4 is 0 Å². The third-order valence-corrected chi connectivity index (χ3v) is 7.24. The van der Waals surface area contributed by atoms with Gasteiger partial charge in [0.2, 0.25) is 0 Å². The lowest BCUT2D eigenvalue weighted by atomic mass is 9.75. The van der Waals surface area contributed by atoms with E-state index >= 15 is 0 Å². The van der Waals surface area contributed by atoms with Gasteiger partial charge in [0.1, 0.15) is 0 Å². The van der Waals surface area contributed by atoms with E-state index in [0.29, 0.717) is 0 Å². The largest absolute Gasteiger partial charge is 0.0654 e. The zero-order valence-corrected chi connectivity index (χ0v) is 16.8. The summed E-state index contributed by atoms with van der Waals surface area (Å²) in [6.45, 7) is 4.66. The smallest absolute Gasteiger partial charge is 0.0162 e. The Morgan fingerprint density at radius 3 is 1.44 bits per heavy atom. The Morgan fingerprint density at radius 1 is 0.600 bits per heavy atom. The van der Waals surface area contributed by atoms with Crippen LogP contribution in [0.25, 0.3) is 0 Å². The minimum absolute atomic E-state index is 0.840. The maximum Gasteiger partial charge on any atom is -0.0162 e. The summed E-state index contributed by atoms with van der Waals surface area (Å²) < 4.78 is 0. The fraction of sp³-hybridized carbons (Fsp3) is 0.760. The number of hydrogen-bond acceptors (Lipinski definition) is 0. The van der Waals surface area contributed by atoms with Gasteiger partial charge < -0.3 is 0 Å². The molecule has 1 aromatic rings. The van der Waals surface area contributed by atoms with Gasteiger partial charge in [-0.3, -0.25) is 0 Å². The highest BCUT2D eigenvalue weighted by molar-refractivity contribution is 5.28. The first-order valence-electron chi connectivity index (χ1n) is 11.4. The van der Waals surface area contributed by atoms with E-state index in [9.17, 15) is 0 Å². The molecule has 0 saturated heterocycles. The molecule has 0 heteroatoms. The van der Waals surface area contributed by atoms with Crippen LogP contribution in [-0.2, 0) is 0 Å². The molecule has 0 amide bonds. The molecule has 2 aliphatic carbocycles. The second kappa shape index (κ2) is 9.79. The van der Waals surface area contributed by atoms with Crippen molar-refractivity contribution in [2.75, 3.05) is 0 Å². The Bertz CT molecular complexity index is 469. The molecule has 0 N–H and O–H groups in total. The molecule has 0 radical (unpaired) electrons. The highest BCUT2D eigenvalue weighted by Crippen LogP contribution is 2.40. The van der Waals surface area contributed by atoms with Crippen LogP contribution in [0.5, 0.6) is 0 Å². The molecule has 0 nitrogen and oxygen atoms in total. The van der Waals surface area contributed by atoms with Crippen LogP contribution >= 0.6 is 0 Å². The summed E-state index contributed by atoms with van der Waals surface area (Å²) in [5.74, 6) is 3.72. The van der Waals surface area contributed by atoms with Crippen molar-refractivity contribution in [1.82, 2.24) is 0 Å². The van der Waals surface area contributed by atoms with Crippen LogP contribution in [0.3, 0.4) is 0 Å². The lowest BCUT2D eigenvalue weighted by molar-refractivity contribution is 0.303. The molecule has 25 heavy (non-hydrogen) atoms. The van der Waals surface area contributed by atoms with Gasteiger partial charge in [-0.2, -0.15) is 0 Å². The number of hydrogen-bond donors (Lipinski definition) is 0. The van der Waals surface area contributed by atoms with Gasteiger partial charge in [0.05, 0.1) is 0 Å². The van der Waals surface area contributed by atoms with E-state index in [-0.39, 0.29) is 0 Å². The first kappa shape index (κ1) is 19.0. The SMILES string of the molecule is CCCC[C@H]1CC[C@H](c2ccc([C@H]3CC[C@H](CCC)CC3)cc2)CC1. The summed E-state index contributed by atoms with van der Waals surface area (Å²) in [7, 11) is 0. The van der Waals surface area contributed by atoms with Crippen LogP contribution in [-0.4, -0.2) is 0 Å². The lowest BCUT2D eigenvalue weighted by Crippen LogP contribution is -2.14. The van der Waals surface area contributed by atoms with Crippen molar-refractivity contribution < 1.29 is 0 Å². The van der Waals surface area contributed by atoms with Crippen LogP contribution in [0.1, 0.15) is 120 Å². The maximum atomic E-state index is 2.48. The average molecular weight is 341 g/mol. The van der Waals surface area contributed by atoms with Crippen LogP contribution in [0.15, 0.2) is 24.3 Å². The summed E-state index contributed by atoms with van der Waals surface area (Å²) in [6, 6.07) is 9.90. The molecule has 0 unspecified atom stereocenters. The van der Waals surface area contributed by atoms with E-state index in [2.05, 4.69) is 38.1 Å². The number of unbranched alkanes of at least 4 members (excludes halogenated alkanes) is 1. The summed E-state index contributed by atoms with van der Waals surface area (Å²) in [6.07, 6.45) is 18.6. The van der Waals surface area contributed by atoms with Crippen LogP contribution < -0.4 is 0 Å². The quantitative estimate of drug-likeness (QED) is 0.469. The second-order valence-electron chi connectivity index (χ2n) is 9.03. The topological polar surface area (TPSA) is 0 Å². The van der Waals surface area contributed by atoms with E-state index in [1.807, 2.05) is 0 Å². The Kier molecular flexibility index (Phi) is 7.44. The van der Waals surface area contributed by atoms with Gasteiger partial charge in [-0.1, -0.05) is 70.2 Å². The van der Waals surface area contributed by atoms with Crippen molar-refractivity contribution in [3.05, 3.63) is 35.4 Å². The molecular formula is C25H40. The highest BCUT2D eigenvalue weighted by atomic mass is 14.3. The van der Waals surface area contributed by atoms with E-state index in [4.69, 9.17) is 0 Å². The predicted molar refractivity (Wildman–Crippen MR) is 110 cm³/mol. The fourth-order valence-electron chi connectivity index (χ4n) is 5.51. The van der Waals surface area contributed by atoms with Crippen molar-refractivity contribution in [3.63, 3.8) is 0 Å². The van der Waals surface area contributed by atoms with Crippen LogP contribution in [0.4, 0.5) is 0 Å². The number of rotatable bonds is 7. The summed E-state index contributed by atoms with van der Waals surface area (Å²) >= 11 is 0. The predicted octanol–water partition coefficient (Wildman–Crippen LogP) is 8.22. The summed E-state index contributed by atoms with van der Waals surface area (Å²) in [5, 5.41) is 0. The lowest BCUT2D eigenvalue weighted by Gasteiger charge is -2.30. The molecule has 2 aliphatic rings. The molecule has 3 rings (SSSR count). The van der Waals surface area contributed by atoms with Gasteiger partial charge in [0.25, 0.3) is 0 Å². The Labute approximate surface area is 156 Å². The molecule has 0 aliphatic heterocycles. The molecule has 0 bridgehead atoms. The molecular weight excluding hydrogens is 300 g/mol. The van der Waals surface area contributed by atoms with Crippen LogP contribution in [0, 0.1) is 11.8 Å². The average Bonchev–Trinajstić information content (AvgIpc) is 2.68. The molecule has 2 saturated carbocycles. The van der Waals surface area contributed by atoms with Crippen molar-refractivity contribution in [1.29, 1.82) is 0 Å². The molecule has 0 atom stereocenters. The molecule has 0 spiro atoms. The summed E-state index contributed by atoms with van der Waals surface area (Å²) in [5.41, 5.74) is 3.24. The first-order chi connectivity index (χ1) is 12.3. The van der Waals surface area contributed by atoms with Gasteiger partial charge in [-0.15, -0.1) is 0 Å². The van der Waals surface area contributed by atoms with E-state index in [1.54, 1.807) is 11.1 Å². The number of benzene rings is 1. The van der Waals surface area contributed by atoms with Gasteiger partial charge in [0, 0.05) is 0 Å². The minimum Gasteiger partial charge on any atom is -0.0654 e. The summed E-state index contributed by atoms with van der Waals surface area (Å²) in [4.78, 5) is 0. The minimum atomic E-state index is 0.840. The third kappa shape index (κ3) is 5.35. The molecule has 0 heterocycles. The zero-order valence-electron chi connectivity index (χ0n) is 16.8. The molecule has 1 aromatic carbocycles. The Hall–Kier alpha value is -0.780. The maximum absolute atomic E-state index is 2.48. The fourth-order valence-corrected chi connectivity index (χ4v) is 5.51. The normalized spacial score (nSPS) is 30.3. The van der Waals surface area contributed by atoms with E-state index < -0.39 is 0 Å². The van der Waals surface area contributed by atoms with Crippen LogP contribution in [0.2, 0.25) is 0 Å². The molecule has 2 fully saturated rings. The van der Waals surface area contributed by atoms with E-state index in [0.717, 1.165) is 23.7 Å². The van der Waals surface area contributed by atoms with Crippen molar-refractivity contribution in [3.8, 4) is 0 Å². The molecule has 0 aromatic heterocycles. The second-order valence-corrected chi connectivity index (χ2v) is 9.03. The van der Waals surface area contributed by atoms with Crippen molar-refractivity contribution in [2.24, 2.45) is 11.8 Å². The zero-order chi connectivity index (χ0) is 17.5. The van der Waals surface area contributed by atoms with Crippen molar-refractivity contribution in [2.45, 2.75) is 109 Å². The standard InChI is InChI=1S/C25H40/c1-3-5-7-21-10-14-23(15-11-21)25-18-16-24(17-19-25)22-12-8-20(6-4-2)9-13-22/h16-23H,3-15H2,1-2H3/t20-,21-,22-,23-. The molecule has 140 valence electrons. The first-order valence-corrected chi connectivity index (χ1v) is 11.4.